The van der Waals surface area contributed by atoms with Crippen LogP contribution in [0.15, 0.2) is 53.7 Å². The van der Waals surface area contributed by atoms with Crippen molar-refractivity contribution in [2.75, 3.05) is 4.90 Å². The van der Waals surface area contributed by atoms with Crippen LogP contribution in [0.4, 0.5) is 24.5 Å². The van der Waals surface area contributed by atoms with E-state index in [-0.39, 0.29) is 51.9 Å². The highest BCUT2D eigenvalue weighted by molar-refractivity contribution is 6.31. The second-order valence-electron chi connectivity index (χ2n) is 7.60. The maximum Gasteiger partial charge on any atom is 0.416 e. The summed E-state index contributed by atoms with van der Waals surface area (Å²) in [6.07, 6.45) is -4.36. The smallest absolute Gasteiger partial charge is 0.294 e. The van der Waals surface area contributed by atoms with E-state index < -0.39 is 34.9 Å². The van der Waals surface area contributed by atoms with E-state index in [9.17, 15) is 32.9 Å². The Labute approximate surface area is 185 Å². The fourth-order valence-corrected chi connectivity index (χ4v) is 4.59. The quantitative estimate of drug-likeness (QED) is 0.425. The summed E-state index contributed by atoms with van der Waals surface area (Å²) in [6, 6.07) is 8.58. The Hall–Kier alpha value is -3.20. The molecule has 0 radical (unpaired) electrons. The number of hydrogen-bond acceptors (Lipinski definition) is 4. The van der Waals surface area contributed by atoms with Crippen molar-refractivity contribution in [2.45, 2.75) is 37.8 Å². The van der Waals surface area contributed by atoms with Gasteiger partial charge in [0.05, 0.1) is 10.5 Å². The topological polar surface area (TPSA) is 80.5 Å². The lowest BCUT2D eigenvalue weighted by molar-refractivity contribution is -0.384. The highest BCUT2D eigenvalue weighted by atomic mass is 35.5. The van der Waals surface area contributed by atoms with Gasteiger partial charge in [0.15, 0.2) is 5.78 Å². The van der Waals surface area contributed by atoms with Crippen LogP contribution in [-0.4, -0.2) is 16.6 Å². The molecule has 0 saturated carbocycles. The minimum atomic E-state index is -4.67. The van der Waals surface area contributed by atoms with Crippen LogP contribution in [0.1, 0.15) is 42.7 Å². The van der Waals surface area contributed by atoms with Crippen LogP contribution in [0, 0.1) is 10.1 Å². The number of alkyl halides is 3. The van der Waals surface area contributed by atoms with Crippen LogP contribution >= 0.6 is 11.6 Å². The summed E-state index contributed by atoms with van der Waals surface area (Å²) >= 11 is 6.02. The van der Waals surface area contributed by atoms with Gasteiger partial charge in [-0.05, 0) is 36.6 Å². The van der Waals surface area contributed by atoms with E-state index in [1.807, 2.05) is 0 Å². The summed E-state index contributed by atoms with van der Waals surface area (Å²) in [6.45, 7) is 0. The maximum atomic E-state index is 13.7. The number of nitro benzene ring substituents is 1. The first kappa shape index (κ1) is 22.0. The molecule has 1 heterocycles. The highest BCUT2D eigenvalue weighted by Crippen LogP contribution is 2.48. The molecule has 166 valence electrons. The zero-order chi connectivity index (χ0) is 23.2. The number of carbonyl (C=O) groups is 2. The van der Waals surface area contributed by atoms with E-state index in [1.165, 1.54) is 30.3 Å². The average molecular weight is 465 g/mol. The number of amides is 1. The lowest BCUT2D eigenvalue weighted by Crippen LogP contribution is -2.41. The molecular weight excluding hydrogens is 449 g/mol. The van der Waals surface area contributed by atoms with Crippen molar-refractivity contribution in [1.82, 2.24) is 0 Å². The predicted octanol–water partition coefficient (Wildman–Crippen LogP) is 5.79. The Morgan fingerprint density at radius 2 is 1.81 bits per heavy atom. The molecule has 0 saturated heterocycles. The fraction of sp³-hybridized carbons (Fsp3) is 0.273. The molecule has 10 heteroatoms. The number of anilines is 1. The van der Waals surface area contributed by atoms with Crippen LogP contribution in [0.3, 0.4) is 0 Å². The number of rotatable bonds is 3. The van der Waals surface area contributed by atoms with Crippen molar-refractivity contribution in [1.29, 1.82) is 0 Å². The van der Waals surface area contributed by atoms with E-state index in [2.05, 4.69) is 0 Å². The van der Waals surface area contributed by atoms with Crippen molar-refractivity contribution in [3.05, 3.63) is 80.0 Å². The van der Waals surface area contributed by atoms with Gasteiger partial charge < -0.3 is 0 Å². The lowest BCUT2D eigenvalue weighted by Gasteiger charge is -2.38. The summed E-state index contributed by atoms with van der Waals surface area (Å²) < 4.78 is 41.0. The van der Waals surface area contributed by atoms with Gasteiger partial charge in [0.25, 0.3) is 5.69 Å². The van der Waals surface area contributed by atoms with E-state index in [1.54, 1.807) is 0 Å². The highest BCUT2D eigenvalue weighted by Gasteiger charge is 2.44. The molecular formula is C22H16ClF3N2O4. The largest absolute Gasteiger partial charge is 0.416 e. The number of benzene rings is 2. The third kappa shape index (κ3) is 3.77. The molecule has 2 aliphatic rings. The number of Topliss-reactive ketones (excluding diaryl/α,β-unsaturated/α-hetero) is 1. The molecule has 32 heavy (non-hydrogen) atoms. The molecule has 1 aliphatic heterocycles. The van der Waals surface area contributed by atoms with Crippen LogP contribution in [0.5, 0.6) is 0 Å². The van der Waals surface area contributed by atoms with Gasteiger partial charge in [-0.15, -0.1) is 0 Å². The molecule has 2 aromatic rings. The van der Waals surface area contributed by atoms with Crippen molar-refractivity contribution < 1.29 is 27.7 Å². The SMILES string of the molecule is O=C1CCCC2=C1C(c1ccccc1C(F)(F)F)CC(=O)N2c1cc(Cl)ccc1[N+](=O)[O-]. The molecule has 1 amide bonds. The van der Waals surface area contributed by atoms with Gasteiger partial charge in [0.2, 0.25) is 5.91 Å². The maximum absolute atomic E-state index is 13.7. The second-order valence-corrected chi connectivity index (χ2v) is 8.03. The van der Waals surface area contributed by atoms with E-state index >= 15 is 0 Å². The molecule has 4 rings (SSSR count). The van der Waals surface area contributed by atoms with Gasteiger partial charge >= 0.3 is 6.18 Å². The normalized spacial score (nSPS) is 19.2. The summed E-state index contributed by atoms with van der Waals surface area (Å²) in [7, 11) is 0. The fourth-order valence-electron chi connectivity index (χ4n) is 4.43. The monoisotopic (exact) mass is 464 g/mol. The standard InChI is InChI=1S/C22H16ClF3N2O4/c23-12-8-9-16(28(31)32)18(10-12)27-17-6-3-7-19(29)21(17)14(11-20(27)30)13-4-1-2-5-15(13)22(24,25)26/h1-2,4-5,8-10,14H,3,6-7,11H2. The van der Waals surface area contributed by atoms with Crippen molar-refractivity contribution in [3.63, 3.8) is 0 Å². The number of nitro groups is 1. The number of carbonyl (C=O) groups excluding carboxylic acids is 2. The molecule has 1 atom stereocenters. The van der Waals surface area contributed by atoms with E-state index in [0.29, 0.717) is 6.42 Å². The second kappa shape index (κ2) is 8.05. The first-order valence-electron chi connectivity index (χ1n) is 9.79. The van der Waals surface area contributed by atoms with Crippen molar-refractivity contribution in [3.8, 4) is 0 Å². The molecule has 0 aromatic heterocycles. The molecule has 0 spiro atoms. The Morgan fingerprint density at radius 1 is 1.09 bits per heavy atom. The summed E-state index contributed by atoms with van der Waals surface area (Å²) in [5.41, 5.74) is -1.26. The summed E-state index contributed by atoms with van der Waals surface area (Å²) in [5.74, 6) is -2.08. The molecule has 0 bridgehead atoms. The number of allylic oxidation sites excluding steroid dienone is 2. The van der Waals surface area contributed by atoms with Gasteiger partial charge in [-0.25, -0.2) is 0 Å². The van der Waals surface area contributed by atoms with Crippen LogP contribution in [0.2, 0.25) is 5.02 Å². The lowest BCUT2D eigenvalue weighted by atomic mass is 9.76. The Bertz CT molecular complexity index is 1180. The zero-order valence-electron chi connectivity index (χ0n) is 16.5. The summed E-state index contributed by atoms with van der Waals surface area (Å²) in [4.78, 5) is 38.1. The van der Waals surface area contributed by atoms with Crippen LogP contribution < -0.4 is 4.90 Å². The number of nitrogens with zero attached hydrogens (tertiary/aromatic N) is 2. The van der Waals surface area contributed by atoms with Gasteiger partial charge in [0, 0.05) is 41.1 Å². The molecule has 2 aromatic carbocycles. The third-order valence-electron chi connectivity index (χ3n) is 5.69. The van der Waals surface area contributed by atoms with Crippen LogP contribution in [0.25, 0.3) is 0 Å². The van der Waals surface area contributed by atoms with Crippen molar-refractivity contribution in [2.24, 2.45) is 0 Å². The van der Waals surface area contributed by atoms with E-state index in [4.69, 9.17) is 11.6 Å². The first-order valence-corrected chi connectivity index (χ1v) is 10.2. The number of hydrogen-bond donors (Lipinski definition) is 0. The third-order valence-corrected chi connectivity index (χ3v) is 5.93. The van der Waals surface area contributed by atoms with Gasteiger partial charge in [-0.1, -0.05) is 29.8 Å². The molecule has 0 fully saturated rings. The Morgan fingerprint density at radius 3 is 2.50 bits per heavy atom. The Balaban J connectivity index is 1.95. The molecule has 1 unspecified atom stereocenters. The average Bonchev–Trinajstić information content (AvgIpc) is 2.72. The van der Waals surface area contributed by atoms with Gasteiger partial charge in [-0.3, -0.25) is 24.6 Å². The number of ketones is 1. The van der Waals surface area contributed by atoms with E-state index in [0.717, 1.165) is 17.0 Å². The zero-order valence-corrected chi connectivity index (χ0v) is 17.2. The van der Waals surface area contributed by atoms with Crippen LogP contribution in [-0.2, 0) is 15.8 Å². The minimum Gasteiger partial charge on any atom is -0.294 e. The molecule has 0 N–H and O–H groups in total. The summed E-state index contributed by atoms with van der Waals surface area (Å²) in [5, 5.41) is 11.7. The molecule has 6 nitrogen and oxygen atoms in total. The van der Waals surface area contributed by atoms with Crippen molar-refractivity contribution >= 4 is 34.7 Å². The van der Waals surface area contributed by atoms with Gasteiger partial charge in [-0.2, -0.15) is 13.2 Å². The first-order chi connectivity index (χ1) is 15.1. The number of halogens is 4. The van der Waals surface area contributed by atoms with Gasteiger partial charge in [0.1, 0.15) is 5.69 Å². The Kier molecular flexibility index (Phi) is 5.54. The minimum absolute atomic E-state index is 0.0989. The molecule has 1 aliphatic carbocycles. The predicted molar refractivity (Wildman–Crippen MR) is 110 cm³/mol.